The van der Waals surface area contributed by atoms with Gasteiger partial charge in [-0.15, -0.1) is 0 Å². The molecule has 0 aliphatic rings. The molecule has 0 unspecified atom stereocenters. The highest BCUT2D eigenvalue weighted by Gasteiger charge is 2.15. The van der Waals surface area contributed by atoms with Crippen molar-refractivity contribution < 1.29 is 9.59 Å². The maximum absolute atomic E-state index is 12.5. The second kappa shape index (κ2) is 7.87. The van der Waals surface area contributed by atoms with Crippen molar-refractivity contribution >= 4 is 28.7 Å². The van der Waals surface area contributed by atoms with Crippen molar-refractivity contribution in [3.05, 3.63) is 81.3 Å². The number of aryl methyl sites for hydroxylation is 3. The fraction of sp³-hybridized carbons (Fsp3) is 0.143. The zero-order chi connectivity index (χ0) is 20.3. The van der Waals surface area contributed by atoms with E-state index in [-0.39, 0.29) is 11.3 Å². The lowest BCUT2D eigenvalue weighted by molar-refractivity contribution is -0.117. The molecule has 2 amide bonds. The SMILES string of the molecule is Cc1ccc(/C=C/C(=O)NNC(=O)c2nn(C)c(=O)c3ccccc23)c(C)c1. The van der Waals surface area contributed by atoms with Gasteiger partial charge in [-0.1, -0.05) is 42.0 Å². The van der Waals surface area contributed by atoms with Crippen LogP contribution in [0.25, 0.3) is 16.8 Å². The van der Waals surface area contributed by atoms with Gasteiger partial charge in [0.05, 0.1) is 5.39 Å². The van der Waals surface area contributed by atoms with Gasteiger partial charge in [-0.25, -0.2) is 4.68 Å². The molecule has 0 atom stereocenters. The highest BCUT2D eigenvalue weighted by atomic mass is 16.2. The molecule has 142 valence electrons. The van der Waals surface area contributed by atoms with Crippen molar-refractivity contribution in [2.75, 3.05) is 0 Å². The lowest BCUT2D eigenvalue weighted by atomic mass is 10.1. The second-order valence-corrected chi connectivity index (χ2v) is 6.46. The van der Waals surface area contributed by atoms with Gasteiger partial charge in [0, 0.05) is 18.5 Å². The Morgan fingerprint density at radius 1 is 1.04 bits per heavy atom. The predicted octanol–water partition coefficient (Wildman–Crippen LogP) is 2.02. The molecule has 0 aliphatic carbocycles. The van der Waals surface area contributed by atoms with Gasteiger partial charge in [0.2, 0.25) is 0 Å². The molecule has 0 bridgehead atoms. The van der Waals surface area contributed by atoms with Crippen molar-refractivity contribution in [1.29, 1.82) is 0 Å². The van der Waals surface area contributed by atoms with Crippen LogP contribution in [0, 0.1) is 13.8 Å². The summed E-state index contributed by atoms with van der Waals surface area (Å²) in [6, 6.07) is 12.6. The summed E-state index contributed by atoms with van der Waals surface area (Å²) in [6.07, 6.45) is 3.01. The molecule has 1 aromatic heterocycles. The van der Waals surface area contributed by atoms with E-state index in [0.29, 0.717) is 10.8 Å². The number of benzene rings is 2. The number of aromatic nitrogens is 2. The highest BCUT2D eigenvalue weighted by molar-refractivity contribution is 6.05. The predicted molar refractivity (Wildman–Crippen MR) is 108 cm³/mol. The number of carbonyl (C=O) groups is 2. The molecule has 0 radical (unpaired) electrons. The number of nitrogens with zero attached hydrogens (tertiary/aromatic N) is 2. The van der Waals surface area contributed by atoms with Crippen molar-refractivity contribution in [3.8, 4) is 0 Å². The molecule has 2 N–H and O–H groups in total. The van der Waals surface area contributed by atoms with E-state index < -0.39 is 11.8 Å². The Morgan fingerprint density at radius 3 is 2.46 bits per heavy atom. The second-order valence-electron chi connectivity index (χ2n) is 6.46. The number of hydrazine groups is 1. The third-order valence-corrected chi connectivity index (χ3v) is 4.31. The van der Waals surface area contributed by atoms with Gasteiger partial charge < -0.3 is 0 Å². The number of hydrogen-bond acceptors (Lipinski definition) is 4. The normalized spacial score (nSPS) is 11.0. The number of hydrogen-bond donors (Lipinski definition) is 2. The van der Waals surface area contributed by atoms with E-state index in [0.717, 1.165) is 21.4 Å². The van der Waals surface area contributed by atoms with Crippen LogP contribution in [-0.2, 0) is 11.8 Å². The van der Waals surface area contributed by atoms with E-state index in [4.69, 9.17) is 0 Å². The molecule has 28 heavy (non-hydrogen) atoms. The largest absolute Gasteiger partial charge is 0.290 e. The molecule has 1 heterocycles. The van der Waals surface area contributed by atoms with Gasteiger partial charge >= 0.3 is 0 Å². The smallest absolute Gasteiger partial charge is 0.268 e. The summed E-state index contributed by atoms with van der Waals surface area (Å²) in [4.78, 5) is 36.6. The van der Waals surface area contributed by atoms with E-state index in [2.05, 4.69) is 16.0 Å². The van der Waals surface area contributed by atoms with E-state index in [9.17, 15) is 14.4 Å². The number of rotatable bonds is 3. The third kappa shape index (κ3) is 3.98. The van der Waals surface area contributed by atoms with Crippen molar-refractivity contribution in [3.63, 3.8) is 0 Å². The summed E-state index contributed by atoms with van der Waals surface area (Å²) < 4.78 is 1.10. The first-order valence-electron chi connectivity index (χ1n) is 8.68. The quantitative estimate of drug-likeness (QED) is 0.540. The average molecular weight is 376 g/mol. The first-order chi connectivity index (χ1) is 13.4. The Morgan fingerprint density at radius 2 is 1.75 bits per heavy atom. The highest BCUT2D eigenvalue weighted by Crippen LogP contribution is 2.13. The minimum Gasteiger partial charge on any atom is -0.268 e. The monoisotopic (exact) mass is 376 g/mol. The van der Waals surface area contributed by atoms with Crippen LogP contribution in [0.3, 0.4) is 0 Å². The third-order valence-electron chi connectivity index (χ3n) is 4.31. The van der Waals surface area contributed by atoms with Crippen LogP contribution in [0.2, 0.25) is 0 Å². The maximum atomic E-state index is 12.5. The molecule has 0 spiro atoms. The molecular weight excluding hydrogens is 356 g/mol. The molecule has 2 aromatic carbocycles. The summed E-state index contributed by atoms with van der Waals surface area (Å²) in [6.45, 7) is 3.96. The molecule has 0 fully saturated rings. The molecule has 0 saturated heterocycles. The summed E-state index contributed by atoms with van der Waals surface area (Å²) >= 11 is 0. The fourth-order valence-electron chi connectivity index (χ4n) is 2.86. The van der Waals surface area contributed by atoms with Crippen molar-refractivity contribution in [2.24, 2.45) is 7.05 Å². The summed E-state index contributed by atoms with van der Waals surface area (Å²) in [5.41, 5.74) is 7.52. The standard InChI is InChI=1S/C21H20N4O3/c1-13-8-9-15(14(2)12-13)10-11-18(26)22-23-20(27)19-16-6-4-5-7-17(16)21(28)25(3)24-19/h4-12H,1-3H3,(H,22,26)(H,23,27)/b11-10+. The van der Waals surface area contributed by atoms with Gasteiger partial charge in [0.15, 0.2) is 5.69 Å². The van der Waals surface area contributed by atoms with Crippen LogP contribution in [0.4, 0.5) is 0 Å². The van der Waals surface area contributed by atoms with Gasteiger partial charge in [0.25, 0.3) is 17.4 Å². The van der Waals surface area contributed by atoms with Crippen LogP contribution in [-0.4, -0.2) is 21.6 Å². The first kappa shape index (κ1) is 19.0. The Bertz CT molecular complexity index is 1160. The van der Waals surface area contributed by atoms with Crippen molar-refractivity contribution in [1.82, 2.24) is 20.6 Å². The van der Waals surface area contributed by atoms with Gasteiger partial charge in [-0.3, -0.25) is 25.2 Å². The van der Waals surface area contributed by atoms with E-state index in [1.54, 1.807) is 30.3 Å². The van der Waals surface area contributed by atoms with E-state index in [1.165, 1.54) is 13.1 Å². The van der Waals surface area contributed by atoms with Crippen LogP contribution < -0.4 is 16.4 Å². The van der Waals surface area contributed by atoms with Crippen molar-refractivity contribution in [2.45, 2.75) is 13.8 Å². The lowest BCUT2D eigenvalue weighted by Gasteiger charge is -2.09. The Hall–Kier alpha value is -3.74. The molecule has 3 aromatic rings. The van der Waals surface area contributed by atoms with Crippen LogP contribution >= 0.6 is 0 Å². The lowest BCUT2D eigenvalue weighted by Crippen LogP contribution is -2.42. The zero-order valence-corrected chi connectivity index (χ0v) is 15.8. The summed E-state index contributed by atoms with van der Waals surface area (Å²) in [5, 5.41) is 4.82. The molecule has 0 aliphatic heterocycles. The Kier molecular flexibility index (Phi) is 5.35. The minimum atomic E-state index is -0.611. The minimum absolute atomic E-state index is 0.0522. The van der Waals surface area contributed by atoms with Gasteiger partial charge in [-0.2, -0.15) is 5.10 Å². The maximum Gasteiger partial charge on any atom is 0.290 e. The van der Waals surface area contributed by atoms with Crippen LogP contribution in [0.15, 0.2) is 53.3 Å². The molecule has 7 heteroatoms. The van der Waals surface area contributed by atoms with Crippen LogP contribution in [0.5, 0.6) is 0 Å². The summed E-state index contributed by atoms with van der Waals surface area (Å²) in [5.74, 6) is -1.09. The molecule has 0 saturated carbocycles. The fourth-order valence-corrected chi connectivity index (χ4v) is 2.86. The van der Waals surface area contributed by atoms with Gasteiger partial charge in [-0.05, 0) is 37.1 Å². The van der Waals surface area contributed by atoms with E-state index in [1.807, 2.05) is 32.0 Å². The van der Waals surface area contributed by atoms with Gasteiger partial charge in [0.1, 0.15) is 0 Å². The molecule has 3 rings (SSSR count). The Balaban J connectivity index is 1.73. The Labute approximate surface area is 161 Å². The van der Waals surface area contributed by atoms with Crippen LogP contribution in [0.1, 0.15) is 27.2 Å². The zero-order valence-electron chi connectivity index (χ0n) is 15.8. The molecular formula is C21H20N4O3. The molecule has 7 nitrogen and oxygen atoms in total. The topological polar surface area (TPSA) is 93.1 Å². The van der Waals surface area contributed by atoms with E-state index >= 15 is 0 Å². The average Bonchev–Trinajstić information content (AvgIpc) is 2.68. The number of nitrogens with one attached hydrogen (secondary N) is 2. The summed E-state index contributed by atoms with van der Waals surface area (Å²) in [7, 11) is 1.47. The first-order valence-corrected chi connectivity index (χ1v) is 8.68. The number of amides is 2. The number of carbonyl (C=O) groups excluding carboxylic acids is 2. The number of fused-ring (bicyclic) bond motifs is 1.